The highest BCUT2D eigenvalue weighted by atomic mass is 79.9. The maximum absolute atomic E-state index is 15.4. The van der Waals surface area contributed by atoms with Gasteiger partial charge in [0, 0.05) is 47.0 Å². The van der Waals surface area contributed by atoms with Crippen LogP contribution in [-0.4, -0.2) is 74.4 Å². The number of halogens is 2. The van der Waals surface area contributed by atoms with Gasteiger partial charge in [0.25, 0.3) is 0 Å². The molecular formula is C29H34BrFN4O12. The molecule has 256 valence electrons. The van der Waals surface area contributed by atoms with Gasteiger partial charge in [-0.2, -0.15) is 4.89 Å². The highest BCUT2D eigenvalue weighted by molar-refractivity contribution is 9.10. The highest BCUT2D eigenvalue weighted by Crippen LogP contribution is 2.48. The smallest absolute Gasteiger partial charge is 0.415 e. The number of rotatable bonds is 11. The Morgan fingerprint density at radius 3 is 2.62 bits per heavy atom. The minimum Gasteiger partial charge on any atom is -0.415 e. The van der Waals surface area contributed by atoms with Gasteiger partial charge in [0.15, 0.2) is 5.78 Å². The van der Waals surface area contributed by atoms with E-state index in [0.29, 0.717) is 4.47 Å². The minimum atomic E-state index is -4.02. The lowest BCUT2D eigenvalue weighted by Crippen LogP contribution is -2.65. The number of ether oxygens (including phenoxy) is 3. The van der Waals surface area contributed by atoms with E-state index in [2.05, 4.69) is 41.3 Å². The predicted octanol–water partition coefficient (Wildman–Crippen LogP) is 2.06. The molecule has 2 fully saturated rings. The maximum Gasteiger partial charge on any atom is 0.460 e. The first-order valence-electron chi connectivity index (χ1n) is 14.5. The van der Waals surface area contributed by atoms with Crippen LogP contribution in [0.15, 0.2) is 34.9 Å². The molecule has 7 N–H and O–H groups in total. The van der Waals surface area contributed by atoms with E-state index in [1.54, 1.807) is 13.0 Å². The van der Waals surface area contributed by atoms with Crippen molar-refractivity contribution < 1.29 is 62.9 Å². The fraction of sp³-hybridized carbons (Fsp3) is 0.483. The van der Waals surface area contributed by atoms with E-state index in [1.807, 2.05) is 0 Å². The first-order chi connectivity index (χ1) is 22.0. The van der Waals surface area contributed by atoms with Crippen molar-refractivity contribution >= 4 is 45.3 Å². The van der Waals surface area contributed by atoms with Crippen molar-refractivity contribution in [2.75, 3.05) is 11.9 Å². The summed E-state index contributed by atoms with van der Waals surface area (Å²) in [5, 5.41) is 38.1. The number of Topliss-reactive ketones (excluding diaryl/α,β-unsaturated/α-hetero) is 2. The van der Waals surface area contributed by atoms with Crippen LogP contribution in [0, 0.1) is 11.7 Å². The third-order valence-corrected chi connectivity index (χ3v) is 8.06. The number of amides is 2. The van der Waals surface area contributed by atoms with E-state index in [0.717, 1.165) is 12.1 Å². The fourth-order valence-electron chi connectivity index (χ4n) is 4.68. The predicted molar refractivity (Wildman–Crippen MR) is 159 cm³/mol. The topological polar surface area (TPSA) is 238 Å². The molecule has 5 atom stereocenters. The summed E-state index contributed by atoms with van der Waals surface area (Å²) in [4.78, 5) is 64.4. The number of anilines is 1. The van der Waals surface area contributed by atoms with Crippen LogP contribution in [0.4, 0.5) is 15.0 Å². The number of urea groups is 1. The van der Waals surface area contributed by atoms with Crippen molar-refractivity contribution in [3.05, 3.63) is 51.9 Å². The van der Waals surface area contributed by atoms with Gasteiger partial charge in [0.1, 0.15) is 24.0 Å². The van der Waals surface area contributed by atoms with Gasteiger partial charge < -0.3 is 25.4 Å². The average Bonchev–Trinajstić information content (AvgIpc) is 3.75. The van der Waals surface area contributed by atoms with Crippen molar-refractivity contribution in [2.45, 2.75) is 76.3 Å². The van der Waals surface area contributed by atoms with E-state index >= 15 is 4.39 Å². The third kappa shape index (κ3) is 8.28. The molecule has 4 rings (SSSR count). The largest absolute Gasteiger partial charge is 0.460 e. The van der Waals surface area contributed by atoms with Crippen LogP contribution in [0.5, 0.6) is 5.75 Å². The van der Waals surface area contributed by atoms with Crippen molar-refractivity contribution in [3.8, 4) is 5.75 Å². The Bertz CT molecular complexity index is 1530. The zero-order valence-electron chi connectivity index (χ0n) is 25.5. The van der Waals surface area contributed by atoms with Crippen LogP contribution in [0.25, 0.3) is 0 Å². The number of nitrogens with one attached hydrogen (secondary N) is 2. The van der Waals surface area contributed by atoms with Crippen molar-refractivity contribution in [3.63, 3.8) is 0 Å². The molecule has 1 aromatic heterocycles. The van der Waals surface area contributed by atoms with Gasteiger partial charge in [-0.25, -0.2) is 23.7 Å². The molecule has 2 aromatic rings. The molecule has 0 radical (unpaired) electrons. The number of aliphatic hydroxyl groups is 3. The molecule has 0 bridgehead atoms. The van der Waals surface area contributed by atoms with E-state index in [4.69, 9.17) is 19.9 Å². The van der Waals surface area contributed by atoms with Crippen LogP contribution >= 0.6 is 15.9 Å². The zero-order valence-corrected chi connectivity index (χ0v) is 27.0. The minimum absolute atomic E-state index is 0.126. The molecule has 47 heavy (non-hydrogen) atoms. The lowest BCUT2D eigenvalue weighted by atomic mass is 9.95. The molecule has 1 aliphatic carbocycles. The Labute approximate surface area is 275 Å². The second-order valence-electron chi connectivity index (χ2n) is 10.9. The molecular weight excluding hydrogens is 695 g/mol. The van der Waals surface area contributed by atoms with Gasteiger partial charge in [-0.3, -0.25) is 30.3 Å². The van der Waals surface area contributed by atoms with Crippen LogP contribution in [-0.2, 0) is 28.8 Å². The Morgan fingerprint density at radius 1 is 1.26 bits per heavy atom. The standard InChI is InChI=1S/C29H34BrFN4O12/c1-4-14(3)27(32)25(38)45-43-11-10-21(37)28(40,46-27)47-29(41,42)44-24-16(20(36)5-2)7-8-18(31)23(24)17-12-19(17)34-26(39)35-22-9-6-15(30)13-33-22/h6-9,13-14,17,19,40-42H,4-5,10-12,32H2,1-3H3,(H2,33,34,35,39)/t14-,17+,19-,27-,28-/m0/s1. The number of benzene rings is 1. The van der Waals surface area contributed by atoms with Crippen LogP contribution < -0.4 is 21.1 Å². The summed E-state index contributed by atoms with van der Waals surface area (Å²) in [5.74, 6) is -10.3. The van der Waals surface area contributed by atoms with E-state index in [1.165, 1.54) is 26.1 Å². The number of pyridine rings is 1. The van der Waals surface area contributed by atoms with Gasteiger partial charge >= 0.3 is 24.1 Å². The summed E-state index contributed by atoms with van der Waals surface area (Å²) in [7, 11) is 0. The van der Waals surface area contributed by atoms with E-state index in [9.17, 15) is 34.5 Å². The van der Waals surface area contributed by atoms with Crippen LogP contribution in [0.3, 0.4) is 0 Å². The number of carbonyl (C=O) groups is 4. The summed E-state index contributed by atoms with van der Waals surface area (Å²) in [6.45, 7) is 3.88. The second kappa shape index (κ2) is 14.2. The molecule has 2 amide bonds. The molecule has 1 saturated heterocycles. The van der Waals surface area contributed by atoms with Crippen molar-refractivity contribution in [2.24, 2.45) is 11.7 Å². The monoisotopic (exact) mass is 728 g/mol. The Morgan fingerprint density at radius 2 is 1.98 bits per heavy atom. The lowest BCUT2D eigenvalue weighted by Gasteiger charge is -2.39. The number of nitrogens with two attached hydrogens (primary N) is 1. The summed E-state index contributed by atoms with van der Waals surface area (Å²) in [6.07, 6.45) is -3.14. The molecule has 0 spiro atoms. The van der Waals surface area contributed by atoms with Gasteiger partial charge in [-0.15, -0.1) is 0 Å². The number of carbonyl (C=O) groups excluding carboxylic acids is 4. The van der Waals surface area contributed by atoms with Gasteiger partial charge in [-0.05, 0) is 53.0 Å². The van der Waals surface area contributed by atoms with Gasteiger partial charge in [0.05, 0.1) is 5.56 Å². The number of hydrogen-bond acceptors (Lipinski definition) is 14. The maximum atomic E-state index is 15.4. The SMILES string of the molecule is CCC(=O)c1ccc(F)c([C@@H]2C[C@@H]2NC(=O)Nc2ccc(Br)cn2)c1OC(O)(O)O[C@@]1(O)O[C@@](N)([C@@H](C)CC)C(=O)OOCCC1=O. The first kappa shape index (κ1) is 36.2. The van der Waals surface area contributed by atoms with Crippen LogP contribution in [0.2, 0.25) is 0 Å². The normalized spacial score (nSPS) is 25.5. The first-order valence-corrected chi connectivity index (χ1v) is 15.3. The molecule has 18 heteroatoms. The van der Waals surface area contributed by atoms with E-state index < -0.39 is 83.9 Å². The number of aromatic nitrogens is 1. The number of hydrogen-bond donors (Lipinski definition) is 6. The average molecular weight is 730 g/mol. The summed E-state index contributed by atoms with van der Waals surface area (Å²) < 4.78 is 31.4. The fourth-order valence-corrected chi connectivity index (χ4v) is 4.92. The Kier molecular flexibility index (Phi) is 11.0. The number of ketones is 2. The highest BCUT2D eigenvalue weighted by Gasteiger charge is 2.57. The second-order valence-corrected chi connectivity index (χ2v) is 11.8. The molecule has 0 unspecified atom stereocenters. The molecule has 1 aliphatic heterocycles. The van der Waals surface area contributed by atoms with Gasteiger partial charge in [0.2, 0.25) is 11.5 Å². The van der Waals surface area contributed by atoms with Gasteiger partial charge in [-0.1, -0.05) is 20.8 Å². The third-order valence-electron chi connectivity index (χ3n) is 7.59. The molecule has 1 saturated carbocycles. The summed E-state index contributed by atoms with van der Waals surface area (Å²) in [6, 6.07) is 3.80. The lowest BCUT2D eigenvalue weighted by molar-refractivity contribution is -0.527. The molecule has 2 heterocycles. The van der Waals surface area contributed by atoms with E-state index in [-0.39, 0.29) is 36.2 Å². The van der Waals surface area contributed by atoms with Crippen molar-refractivity contribution in [1.29, 1.82) is 0 Å². The molecule has 1 aromatic carbocycles. The van der Waals surface area contributed by atoms with Crippen molar-refractivity contribution in [1.82, 2.24) is 10.3 Å². The summed E-state index contributed by atoms with van der Waals surface area (Å²) in [5.41, 5.74) is 2.80. The van der Waals surface area contributed by atoms with Crippen LogP contribution in [0.1, 0.15) is 68.3 Å². The Hall–Kier alpha value is -3.62. The number of nitrogens with zero attached hydrogens (tertiary/aromatic N) is 1. The Balaban J connectivity index is 1.64. The zero-order chi connectivity index (χ0) is 34.7. The molecule has 2 aliphatic rings. The summed E-state index contributed by atoms with van der Waals surface area (Å²) >= 11 is 3.24. The quantitative estimate of drug-likeness (QED) is 0.110. The molecule has 16 nitrogen and oxygen atoms in total.